The van der Waals surface area contributed by atoms with E-state index in [1.807, 2.05) is 0 Å². The number of non-ortho nitro benzene ring substituents is 1. The molecule has 2 aromatic rings. The van der Waals surface area contributed by atoms with E-state index in [2.05, 4.69) is 5.32 Å². The molecule has 31 heavy (non-hydrogen) atoms. The van der Waals surface area contributed by atoms with Crippen LogP contribution in [0.15, 0.2) is 41.3 Å². The van der Waals surface area contributed by atoms with E-state index >= 15 is 0 Å². The number of rotatable bonds is 7. The summed E-state index contributed by atoms with van der Waals surface area (Å²) in [6.45, 7) is 0.121. The summed E-state index contributed by atoms with van der Waals surface area (Å²) in [4.78, 5) is 23.0. The number of phenols is 1. The Kier molecular flexibility index (Phi) is 6.32. The number of aromatic hydroxyl groups is 1. The lowest BCUT2D eigenvalue weighted by Gasteiger charge is -2.24. The highest BCUT2D eigenvalue weighted by Gasteiger charge is 2.40. The van der Waals surface area contributed by atoms with Gasteiger partial charge in [-0.25, -0.2) is 8.42 Å². The van der Waals surface area contributed by atoms with Crippen molar-refractivity contribution in [3.05, 3.63) is 46.5 Å². The van der Waals surface area contributed by atoms with Gasteiger partial charge in [-0.1, -0.05) is 0 Å². The minimum atomic E-state index is -4.05. The monoisotopic (exact) mass is 451 g/mol. The van der Waals surface area contributed by atoms with Gasteiger partial charge in [0, 0.05) is 24.7 Å². The Hall–Kier alpha value is -3.38. The average Bonchev–Trinajstić information content (AvgIpc) is 3.25. The lowest BCUT2D eigenvalue weighted by Crippen LogP contribution is -2.43. The van der Waals surface area contributed by atoms with Gasteiger partial charge in [-0.05, 0) is 31.0 Å². The summed E-state index contributed by atoms with van der Waals surface area (Å²) in [5, 5.41) is 23.3. The van der Waals surface area contributed by atoms with E-state index in [0.717, 1.165) is 22.5 Å². The number of nitrogens with one attached hydrogen (secondary N) is 1. The molecule has 1 aliphatic heterocycles. The lowest BCUT2D eigenvalue weighted by molar-refractivity contribution is -0.384. The Labute approximate surface area is 178 Å². The van der Waals surface area contributed by atoms with Gasteiger partial charge < -0.3 is 19.9 Å². The summed E-state index contributed by atoms with van der Waals surface area (Å²) in [7, 11) is -1.24. The van der Waals surface area contributed by atoms with Crippen LogP contribution >= 0.6 is 0 Å². The average molecular weight is 451 g/mol. The minimum absolute atomic E-state index is 0.0666. The number of hydrogen-bond donors (Lipinski definition) is 2. The SMILES string of the molecule is COc1ccc(S(=O)(=O)N2CCCC2C(=O)Nc2cc([N+](=O)[O-])ccc2O)cc1OC. The first kappa shape index (κ1) is 22.3. The normalized spacial score (nSPS) is 16.6. The second kappa shape index (κ2) is 8.78. The van der Waals surface area contributed by atoms with Crippen LogP contribution in [0.25, 0.3) is 0 Å². The number of nitro groups is 1. The van der Waals surface area contributed by atoms with E-state index in [4.69, 9.17) is 9.47 Å². The molecule has 2 aromatic carbocycles. The zero-order valence-corrected chi connectivity index (χ0v) is 17.6. The molecule has 1 amide bonds. The molecule has 0 bridgehead atoms. The zero-order chi connectivity index (χ0) is 22.8. The molecule has 0 radical (unpaired) electrons. The number of hydrogen-bond acceptors (Lipinski definition) is 8. The number of anilines is 1. The summed E-state index contributed by atoms with van der Waals surface area (Å²) < 4.78 is 37.7. The number of nitrogens with zero attached hydrogens (tertiary/aromatic N) is 2. The van der Waals surface area contributed by atoms with Crippen LogP contribution in [-0.2, 0) is 14.8 Å². The van der Waals surface area contributed by atoms with E-state index in [1.54, 1.807) is 0 Å². The minimum Gasteiger partial charge on any atom is -0.506 e. The van der Waals surface area contributed by atoms with Crippen molar-refractivity contribution < 1.29 is 32.7 Å². The Morgan fingerprint density at radius 2 is 1.90 bits per heavy atom. The number of carbonyl (C=O) groups excluding carboxylic acids is 1. The zero-order valence-electron chi connectivity index (χ0n) is 16.8. The van der Waals surface area contributed by atoms with Crippen LogP contribution in [0.1, 0.15) is 12.8 Å². The van der Waals surface area contributed by atoms with E-state index < -0.39 is 26.9 Å². The maximum Gasteiger partial charge on any atom is 0.271 e. The van der Waals surface area contributed by atoms with Gasteiger partial charge >= 0.3 is 0 Å². The predicted octanol–water partition coefficient (Wildman–Crippen LogP) is 2.11. The number of methoxy groups -OCH3 is 2. The summed E-state index contributed by atoms with van der Waals surface area (Å²) in [5.74, 6) is -0.479. The molecule has 1 fully saturated rings. The number of amides is 1. The fraction of sp³-hybridized carbons (Fsp3) is 0.316. The third kappa shape index (κ3) is 4.39. The number of phenolic OH excluding ortho intramolecular Hbond substituents is 1. The molecule has 3 rings (SSSR count). The Balaban J connectivity index is 1.88. The first-order valence-corrected chi connectivity index (χ1v) is 10.6. The number of ether oxygens (including phenoxy) is 2. The summed E-state index contributed by atoms with van der Waals surface area (Å²) in [6, 6.07) is 6.27. The highest BCUT2D eigenvalue weighted by atomic mass is 32.2. The van der Waals surface area contributed by atoms with E-state index in [1.165, 1.54) is 32.4 Å². The largest absolute Gasteiger partial charge is 0.506 e. The smallest absolute Gasteiger partial charge is 0.271 e. The van der Waals surface area contributed by atoms with Crippen molar-refractivity contribution >= 4 is 27.3 Å². The quantitative estimate of drug-likeness (QED) is 0.369. The van der Waals surface area contributed by atoms with Crippen molar-refractivity contribution in [2.75, 3.05) is 26.1 Å². The molecular weight excluding hydrogens is 430 g/mol. The third-order valence-electron chi connectivity index (χ3n) is 4.92. The molecule has 166 valence electrons. The molecule has 1 atom stereocenters. The van der Waals surface area contributed by atoms with E-state index in [-0.39, 0.29) is 40.7 Å². The lowest BCUT2D eigenvalue weighted by atomic mass is 10.2. The van der Waals surface area contributed by atoms with Crippen molar-refractivity contribution in [1.82, 2.24) is 4.31 Å². The highest BCUT2D eigenvalue weighted by Crippen LogP contribution is 2.34. The van der Waals surface area contributed by atoms with Gasteiger partial charge in [-0.15, -0.1) is 0 Å². The van der Waals surface area contributed by atoms with Crippen molar-refractivity contribution in [3.63, 3.8) is 0 Å². The van der Waals surface area contributed by atoms with E-state index in [9.17, 15) is 28.4 Å². The van der Waals surface area contributed by atoms with Crippen LogP contribution < -0.4 is 14.8 Å². The molecular formula is C19H21N3O8S. The first-order chi connectivity index (χ1) is 14.7. The fourth-order valence-corrected chi connectivity index (χ4v) is 5.03. The van der Waals surface area contributed by atoms with Gasteiger partial charge in [0.05, 0.1) is 29.7 Å². The molecule has 12 heteroatoms. The number of benzene rings is 2. The van der Waals surface area contributed by atoms with Crippen molar-refractivity contribution in [1.29, 1.82) is 0 Å². The van der Waals surface area contributed by atoms with Crippen LogP contribution in [-0.4, -0.2) is 55.5 Å². The number of carbonyl (C=O) groups is 1. The van der Waals surface area contributed by atoms with Gasteiger partial charge in [-0.3, -0.25) is 14.9 Å². The second-order valence-electron chi connectivity index (χ2n) is 6.74. The van der Waals surface area contributed by atoms with Gasteiger partial charge in [0.2, 0.25) is 15.9 Å². The Morgan fingerprint density at radius 1 is 1.19 bits per heavy atom. The maximum atomic E-state index is 13.2. The van der Waals surface area contributed by atoms with Crippen molar-refractivity contribution in [2.45, 2.75) is 23.8 Å². The third-order valence-corrected chi connectivity index (χ3v) is 6.82. The molecule has 1 saturated heterocycles. The summed E-state index contributed by atoms with van der Waals surface area (Å²) >= 11 is 0. The number of nitro benzene ring substituents is 1. The first-order valence-electron chi connectivity index (χ1n) is 9.21. The number of sulfonamides is 1. The molecule has 0 spiro atoms. The van der Waals surface area contributed by atoms with Gasteiger partial charge in [0.1, 0.15) is 11.8 Å². The highest BCUT2D eigenvalue weighted by molar-refractivity contribution is 7.89. The summed E-state index contributed by atoms with van der Waals surface area (Å²) in [6.07, 6.45) is 0.708. The van der Waals surface area contributed by atoms with Crippen LogP contribution in [0, 0.1) is 10.1 Å². The molecule has 0 saturated carbocycles. The maximum absolute atomic E-state index is 13.2. The predicted molar refractivity (Wildman–Crippen MR) is 110 cm³/mol. The molecule has 1 unspecified atom stereocenters. The van der Waals surface area contributed by atoms with Crippen LogP contribution in [0.3, 0.4) is 0 Å². The Bertz CT molecular complexity index is 1120. The van der Waals surface area contributed by atoms with Gasteiger partial charge in [-0.2, -0.15) is 4.31 Å². The second-order valence-corrected chi connectivity index (χ2v) is 8.63. The van der Waals surface area contributed by atoms with Crippen LogP contribution in [0.5, 0.6) is 17.2 Å². The topological polar surface area (TPSA) is 148 Å². The van der Waals surface area contributed by atoms with Crippen LogP contribution in [0.2, 0.25) is 0 Å². The molecule has 1 aliphatic rings. The molecule has 0 aromatic heterocycles. The van der Waals surface area contributed by atoms with E-state index in [0.29, 0.717) is 12.2 Å². The molecule has 2 N–H and O–H groups in total. The van der Waals surface area contributed by atoms with Crippen LogP contribution in [0.4, 0.5) is 11.4 Å². The fourth-order valence-electron chi connectivity index (χ4n) is 3.36. The summed E-state index contributed by atoms with van der Waals surface area (Å²) in [5.41, 5.74) is -0.496. The molecule has 1 heterocycles. The van der Waals surface area contributed by atoms with Gasteiger partial charge in [0.15, 0.2) is 11.5 Å². The van der Waals surface area contributed by atoms with Gasteiger partial charge in [0.25, 0.3) is 5.69 Å². The Morgan fingerprint density at radius 3 is 2.55 bits per heavy atom. The van der Waals surface area contributed by atoms with Crippen molar-refractivity contribution in [3.8, 4) is 17.2 Å². The van der Waals surface area contributed by atoms with Crippen molar-refractivity contribution in [2.24, 2.45) is 0 Å². The standard InChI is InChI=1S/C19H21N3O8S/c1-29-17-8-6-13(11-18(17)30-2)31(27,28)21-9-3-4-15(21)19(24)20-14-10-12(22(25)26)5-7-16(14)23/h5-8,10-11,15,23H,3-4,9H2,1-2H3,(H,20,24). The molecule has 0 aliphatic carbocycles. The molecule has 11 nitrogen and oxygen atoms in total.